The lowest BCUT2D eigenvalue weighted by atomic mass is 9.90. The van der Waals surface area contributed by atoms with E-state index in [-0.39, 0.29) is 12.5 Å². The van der Waals surface area contributed by atoms with Crippen molar-refractivity contribution in [2.75, 3.05) is 19.8 Å². The highest BCUT2D eigenvalue weighted by atomic mass is 32.1. The quantitative estimate of drug-likeness (QED) is 0.895. The monoisotopic (exact) mass is 295 g/mol. The predicted octanol–water partition coefficient (Wildman–Crippen LogP) is 1.90. The Morgan fingerprint density at radius 3 is 2.85 bits per heavy atom. The summed E-state index contributed by atoms with van der Waals surface area (Å²) >= 11 is 1.70. The zero-order valence-corrected chi connectivity index (χ0v) is 12.4. The molecular weight excluding hydrogens is 274 g/mol. The molecule has 0 atom stereocenters. The molecule has 0 radical (unpaired) electrons. The highest BCUT2D eigenvalue weighted by Gasteiger charge is 2.34. The number of thiophene rings is 1. The molecule has 2 aliphatic rings. The minimum atomic E-state index is -0.501. The highest BCUT2D eigenvalue weighted by molar-refractivity contribution is 7.10. The van der Waals surface area contributed by atoms with Gasteiger partial charge in [0.1, 0.15) is 0 Å². The van der Waals surface area contributed by atoms with Crippen molar-refractivity contribution in [2.24, 2.45) is 0 Å². The van der Waals surface area contributed by atoms with Crippen LogP contribution < -0.4 is 5.32 Å². The van der Waals surface area contributed by atoms with E-state index in [0.29, 0.717) is 26.1 Å². The van der Waals surface area contributed by atoms with Crippen LogP contribution in [0, 0.1) is 0 Å². The van der Waals surface area contributed by atoms with Crippen molar-refractivity contribution in [3.8, 4) is 0 Å². The molecule has 0 spiro atoms. The molecule has 2 heterocycles. The zero-order chi connectivity index (χ0) is 14.0. The van der Waals surface area contributed by atoms with Gasteiger partial charge in [-0.25, -0.2) is 0 Å². The van der Waals surface area contributed by atoms with E-state index in [0.717, 1.165) is 18.4 Å². The van der Waals surface area contributed by atoms with E-state index in [4.69, 9.17) is 4.74 Å². The van der Waals surface area contributed by atoms with Gasteiger partial charge < -0.3 is 15.2 Å². The Bertz CT molecular complexity index is 491. The normalized spacial score (nSPS) is 21.2. The summed E-state index contributed by atoms with van der Waals surface area (Å²) in [6.45, 7) is 1.18. The highest BCUT2D eigenvalue weighted by Crippen LogP contribution is 2.31. The van der Waals surface area contributed by atoms with Crippen LogP contribution >= 0.6 is 11.3 Å². The number of carbonyl (C=O) groups excluding carboxylic acids is 1. The predicted molar refractivity (Wildman–Crippen MR) is 78.3 cm³/mol. The number of hydrogen-bond acceptors (Lipinski definition) is 4. The number of aliphatic hydroxyl groups is 1. The van der Waals surface area contributed by atoms with E-state index < -0.39 is 5.54 Å². The fourth-order valence-corrected chi connectivity index (χ4v) is 4.20. The van der Waals surface area contributed by atoms with Crippen LogP contribution in [0.1, 0.15) is 46.5 Å². The van der Waals surface area contributed by atoms with Gasteiger partial charge in [-0.15, -0.1) is 11.3 Å². The van der Waals surface area contributed by atoms with Crippen LogP contribution in [0.5, 0.6) is 0 Å². The van der Waals surface area contributed by atoms with Crippen LogP contribution in [-0.2, 0) is 17.6 Å². The lowest BCUT2D eigenvalue weighted by molar-refractivity contribution is 0.0125. The first-order valence-corrected chi connectivity index (χ1v) is 8.22. The van der Waals surface area contributed by atoms with Gasteiger partial charge >= 0.3 is 0 Å². The van der Waals surface area contributed by atoms with Gasteiger partial charge in [0.2, 0.25) is 0 Å². The number of aryl methyl sites for hydroxylation is 1. The third-order valence-corrected chi connectivity index (χ3v) is 5.53. The van der Waals surface area contributed by atoms with Crippen molar-refractivity contribution in [3.05, 3.63) is 21.4 Å². The second-order valence-electron chi connectivity index (χ2n) is 5.76. The molecule has 1 aliphatic carbocycles. The van der Waals surface area contributed by atoms with E-state index in [1.807, 2.05) is 5.38 Å². The summed E-state index contributed by atoms with van der Waals surface area (Å²) < 4.78 is 5.33. The number of carbonyl (C=O) groups is 1. The molecule has 110 valence electrons. The summed E-state index contributed by atoms with van der Waals surface area (Å²) in [5.74, 6) is -0.0275. The number of aliphatic hydroxyl groups excluding tert-OH is 1. The minimum Gasteiger partial charge on any atom is -0.394 e. The second kappa shape index (κ2) is 5.84. The largest absolute Gasteiger partial charge is 0.394 e. The van der Waals surface area contributed by atoms with Crippen molar-refractivity contribution < 1.29 is 14.6 Å². The summed E-state index contributed by atoms with van der Waals surface area (Å²) in [5, 5.41) is 14.7. The van der Waals surface area contributed by atoms with E-state index in [9.17, 15) is 9.90 Å². The summed E-state index contributed by atoms with van der Waals surface area (Å²) in [4.78, 5) is 13.9. The zero-order valence-electron chi connectivity index (χ0n) is 11.6. The molecule has 1 aromatic heterocycles. The second-order valence-corrected chi connectivity index (χ2v) is 6.73. The van der Waals surface area contributed by atoms with Crippen LogP contribution in [0.15, 0.2) is 5.38 Å². The molecule has 20 heavy (non-hydrogen) atoms. The molecule has 0 unspecified atom stereocenters. The number of rotatable bonds is 3. The van der Waals surface area contributed by atoms with Crippen LogP contribution in [-0.4, -0.2) is 36.4 Å². The molecule has 1 aromatic rings. The molecule has 3 rings (SSSR count). The summed E-state index contributed by atoms with van der Waals surface area (Å²) in [5.41, 5.74) is 1.56. The van der Waals surface area contributed by atoms with Crippen molar-refractivity contribution in [1.82, 2.24) is 5.32 Å². The molecule has 1 saturated heterocycles. The van der Waals surface area contributed by atoms with Crippen LogP contribution in [0.4, 0.5) is 0 Å². The van der Waals surface area contributed by atoms with Gasteiger partial charge in [0, 0.05) is 23.5 Å². The Morgan fingerprint density at radius 2 is 2.10 bits per heavy atom. The maximum absolute atomic E-state index is 12.6. The van der Waals surface area contributed by atoms with Gasteiger partial charge in [-0.2, -0.15) is 0 Å². The number of hydrogen-bond donors (Lipinski definition) is 2. The third kappa shape index (κ3) is 2.62. The van der Waals surface area contributed by atoms with Crippen LogP contribution in [0.3, 0.4) is 0 Å². The average molecular weight is 295 g/mol. The Morgan fingerprint density at radius 1 is 1.35 bits per heavy atom. The third-order valence-electron chi connectivity index (χ3n) is 4.44. The van der Waals surface area contributed by atoms with E-state index in [2.05, 4.69) is 5.32 Å². The number of amides is 1. The Hall–Kier alpha value is -0.910. The standard InChI is InChI=1S/C15H21NO3S/c17-10-15(5-7-19-8-6-15)16-14(18)12-9-20-13-4-2-1-3-11(12)13/h9,17H,1-8,10H2,(H,16,18). The molecule has 2 N–H and O–H groups in total. The van der Waals surface area contributed by atoms with Gasteiger partial charge in [-0.1, -0.05) is 0 Å². The molecule has 0 saturated carbocycles. The molecular formula is C15H21NO3S. The molecule has 0 bridgehead atoms. The van der Waals surface area contributed by atoms with Crippen LogP contribution in [0.25, 0.3) is 0 Å². The maximum Gasteiger partial charge on any atom is 0.252 e. The van der Waals surface area contributed by atoms with Gasteiger partial charge in [0.25, 0.3) is 5.91 Å². The average Bonchev–Trinajstić information content (AvgIpc) is 2.92. The summed E-state index contributed by atoms with van der Waals surface area (Å²) in [7, 11) is 0. The van der Waals surface area contributed by atoms with Gasteiger partial charge in [-0.3, -0.25) is 4.79 Å². The first-order chi connectivity index (χ1) is 9.74. The minimum absolute atomic E-state index is 0.0194. The Balaban J connectivity index is 1.77. The van der Waals surface area contributed by atoms with Crippen molar-refractivity contribution in [3.63, 3.8) is 0 Å². The summed E-state index contributed by atoms with van der Waals surface area (Å²) in [6, 6.07) is 0. The summed E-state index contributed by atoms with van der Waals surface area (Å²) in [6.07, 6.45) is 5.88. The Kier molecular flexibility index (Phi) is 4.10. The lowest BCUT2D eigenvalue weighted by Gasteiger charge is -2.36. The van der Waals surface area contributed by atoms with E-state index in [1.165, 1.54) is 23.3 Å². The molecule has 1 fully saturated rings. The van der Waals surface area contributed by atoms with Crippen molar-refractivity contribution in [2.45, 2.75) is 44.1 Å². The first kappa shape index (κ1) is 14.0. The first-order valence-electron chi connectivity index (χ1n) is 7.34. The van der Waals surface area contributed by atoms with Gasteiger partial charge in [-0.05, 0) is 44.1 Å². The number of fused-ring (bicyclic) bond motifs is 1. The molecule has 1 amide bonds. The Labute approximate surface area is 123 Å². The van der Waals surface area contributed by atoms with Crippen molar-refractivity contribution in [1.29, 1.82) is 0 Å². The van der Waals surface area contributed by atoms with Crippen molar-refractivity contribution >= 4 is 17.2 Å². The topological polar surface area (TPSA) is 58.6 Å². The smallest absolute Gasteiger partial charge is 0.252 e. The number of nitrogens with one attached hydrogen (secondary N) is 1. The molecule has 4 nitrogen and oxygen atoms in total. The fourth-order valence-electron chi connectivity index (χ4n) is 3.08. The molecule has 1 aliphatic heterocycles. The van der Waals surface area contributed by atoms with Gasteiger partial charge in [0.05, 0.1) is 17.7 Å². The maximum atomic E-state index is 12.6. The lowest BCUT2D eigenvalue weighted by Crippen LogP contribution is -2.54. The van der Waals surface area contributed by atoms with E-state index in [1.54, 1.807) is 11.3 Å². The molecule has 0 aromatic carbocycles. The van der Waals surface area contributed by atoms with E-state index >= 15 is 0 Å². The molecule has 5 heteroatoms. The fraction of sp³-hybridized carbons (Fsp3) is 0.667. The number of ether oxygens (including phenoxy) is 1. The van der Waals surface area contributed by atoms with Gasteiger partial charge in [0.15, 0.2) is 0 Å². The SMILES string of the molecule is O=C(NC1(CO)CCOCC1)c1csc2c1CCCC2. The van der Waals surface area contributed by atoms with Crippen LogP contribution in [0.2, 0.25) is 0 Å².